The molecule has 0 spiro atoms. The van der Waals surface area contributed by atoms with E-state index in [1.807, 2.05) is 20.1 Å². The van der Waals surface area contributed by atoms with E-state index in [4.69, 9.17) is 0 Å². The number of thiophene rings is 1. The maximum Gasteiger partial charge on any atom is 0.338 e. The van der Waals surface area contributed by atoms with Crippen LogP contribution in [0.2, 0.25) is 0 Å². The number of aryl methyl sites for hydroxylation is 1. The summed E-state index contributed by atoms with van der Waals surface area (Å²) in [4.78, 5) is 26.2. The van der Waals surface area contributed by atoms with Crippen LogP contribution < -0.4 is 5.32 Å². The number of hydrogen-bond acceptors (Lipinski definition) is 4. The molecule has 0 aliphatic carbocycles. The average molecular weight is 330 g/mol. The number of nitrogens with zero attached hydrogens (tertiary/aromatic N) is 1. The summed E-state index contributed by atoms with van der Waals surface area (Å²) in [7, 11) is 1.74. The number of anilines is 1. The number of amides is 2. The molecular formula is C14H22N2O3S2. The monoisotopic (exact) mass is 330 g/mol. The summed E-state index contributed by atoms with van der Waals surface area (Å²) < 4.78 is 0. The molecular weight excluding hydrogens is 308 g/mol. The Labute approximate surface area is 133 Å². The lowest BCUT2D eigenvalue weighted by molar-refractivity contribution is 0.0697. The van der Waals surface area contributed by atoms with Crippen LogP contribution in [0.4, 0.5) is 9.80 Å². The summed E-state index contributed by atoms with van der Waals surface area (Å²) in [5, 5.41) is 12.4. The highest BCUT2D eigenvalue weighted by molar-refractivity contribution is 7.98. The summed E-state index contributed by atoms with van der Waals surface area (Å²) in [5.74, 6) is -0.153. The third kappa shape index (κ3) is 4.14. The molecule has 1 heterocycles. The van der Waals surface area contributed by atoms with E-state index in [1.54, 1.807) is 30.6 Å². The first-order valence-corrected chi connectivity index (χ1v) is 8.90. The van der Waals surface area contributed by atoms with Gasteiger partial charge in [0.1, 0.15) is 5.00 Å². The molecule has 0 saturated heterocycles. The van der Waals surface area contributed by atoms with Crippen molar-refractivity contribution in [2.75, 3.05) is 24.4 Å². The minimum atomic E-state index is -1.01. The third-order valence-corrected chi connectivity index (χ3v) is 5.36. The normalized spacial score (nSPS) is 12.0. The van der Waals surface area contributed by atoms with Crippen molar-refractivity contribution in [1.82, 2.24) is 4.90 Å². The van der Waals surface area contributed by atoms with Crippen LogP contribution in [0, 0.1) is 13.8 Å². The lowest BCUT2D eigenvalue weighted by Crippen LogP contribution is -2.41. The topological polar surface area (TPSA) is 69.6 Å². The second kappa shape index (κ2) is 7.70. The predicted octanol–water partition coefficient (Wildman–Crippen LogP) is 3.67. The Morgan fingerprint density at radius 2 is 2.05 bits per heavy atom. The molecule has 0 radical (unpaired) electrons. The van der Waals surface area contributed by atoms with Gasteiger partial charge in [-0.15, -0.1) is 11.3 Å². The summed E-state index contributed by atoms with van der Waals surface area (Å²) in [6.07, 6.45) is 2.86. The van der Waals surface area contributed by atoms with Crippen LogP contribution in [0.15, 0.2) is 0 Å². The molecule has 5 nitrogen and oxygen atoms in total. The summed E-state index contributed by atoms with van der Waals surface area (Å²) in [6, 6.07) is -0.130. The molecule has 0 aliphatic heterocycles. The highest BCUT2D eigenvalue weighted by Crippen LogP contribution is 2.32. The van der Waals surface area contributed by atoms with Gasteiger partial charge in [0, 0.05) is 23.7 Å². The van der Waals surface area contributed by atoms with Gasteiger partial charge < -0.3 is 10.0 Å². The fourth-order valence-electron chi connectivity index (χ4n) is 2.02. The van der Waals surface area contributed by atoms with Gasteiger partial charge in [0.2, 0.25) is 0 Å². The van der Waals surface area contributed by atoms with E-state index in [0.717, 1.165) is 17.1 Å². The van der Waals surface area contributed by atoms with E-state index in [9.17, 15) is 14.7 Å². The van der Waals surface area contributed by atoms with Crippen molar-refractivity contribution < 1.29 is 14.7 Å². The minimum absolute atomic E-state index is 0.135. The molecule has 0 aromatic carbocycles. The van der Waals surface area contributed by atoms with Crippen molar-refractivity contribution >= 4 is 40.1 Å². The van der Waals surface area contributed by atoms with Crippen molar-refractivity contribution in [3.8, 4) is 0 Å². The molecule has 1 atom stereocenters. The zero-order valence-corrected chi connectivity index (χ0v) is 14.7. The Hall–Kier alpha value is -1.21. The smallest absolute Gasteiger partial charge is 0.338 e. The highest BCUT2D eigenvalue weighted by atomic mass is 32.2. The SMILES string of the molecule is CCC(CSC)N(C)C(=O)Nc1sc(C)c(C)c1C(=O)O. The first kappa shape index (κ1) is 17.8. The Bertz CT molecular complexity index is 529. The molecule has 1 aromatic heterocycles. The summed E-state index contributed by atoms with van der Waals surface area (Å²) in [6.45, 7) is 5.65. The van der Waals surface area contributed by atoms with Gasteiger partial charge in [0.15, 0.2) is 0 Å². The van der Waals surface area contributed by atoms with Gasteiger partial charge in [-0.05, 0) is 32.1 Å². The van der Waals surface area contributed by atoms with Gasteiger partial charge in [0.25, 0.3) is 0 Å². The number of aromatic carboxylic acids is 1. The molecule has 7 heteroatoms. The van der Waals surface area contributed by atoms with Crippen molar-refractivity contribution in [3.05, 3.63) is 16.0 Å². The number of hydrogen-bond donors (Lipinski definition) is 2. The van der Waals surface area contributed by atoms with Crippen LogP contribution in [0.25, 0.3) is 0 Å². The first-order valence-electron chi connectivity index (χ1n) is 6.69. The standard InChI is InChI=1S/C14H22N2O3S2/c1-6-10(7-20-5)16(4)14(19)15-12-11(13(17)18)8(2)9(3)21-12/h10H,6-7H2,1-5H3,(H,15,19)(H,17,18). The van der Waals surface area contributed by atoms with E-state index >= 15 is 0 Å². The quantitative estimate of drug-likeness (QED) is 0.835. The molecule has 1 rings (SSSR count). The van der Waals surface area contributed by atoms with Gasteiger partial charge in [0.05, 0.1) is 5.56 Å². The molecule has 2 N–H and O–H groups in total. The molecule has 1 unspecified atom stereocenters. The van der Waals surface area contributed by atoms with E-state index in [-0.39, 0.29) is 17.6 Å². The maximum absolute atomic E-state index is 12.3. The van der Waals surface area contributed by atoms with Crippen LogP contribution in [0.5, 0.6) is 0 Å². The Morgan fingerprint density at radius 3 is 2.52 bits per heavy atom. The Balaban J connectivity index is 2.93. The lowest BCUT2D eigenvalue weighted by atomic mass is 10.1. The van der Waals surface area contributed by atoms with Crippen LogP contribution >= 0.6 is 23.1 Å². The van der Waals surface area contributed by atoms with Gasteiger partial charge in [-0.1, -0.05) is 6.92 Å². The molecule has 2 amide bonds. The second-order valence-electron chi connectivity index (χ2n) is 4.85. The second-order valence-corrected chi connectivity index (χ2v) is 6.99. The van der Waals surface area contributed by atoms with Crippen molar-refractivity contribution in [2.24, 2.45) is 0 Å². The molecule has 1 aromatic rings. The predicted molar refractivity (Wildman–Crippen MR) is 90.0 cm³/mol. The van der Waals surface area contributed by atoms with Crippen molar-refractivity contribution in [3.63, 3.8) is 0 Å². The Morgan fingerprint density at radius 1 is 1.43 bits per heavy atom. The molecule has 118 valence electrons. The number of carbonyl (C=O) groups is 2. The average Bonchev–Trinajstić information content (AvgIpc) is 2.70. The molecule has 0 bridgehead atoms. The van der Waals surface area contributed by atoms with Crippen LogP contribution in [-0.2, 0) is 0 Å². The Kier molecular flexibility index (Phi) is 6.54. The highest BCUT2D eigenvalue weighted by Gasteiger charge is 2.23. The maximum atomic E-state index is 12.3. The molecule has 21 heavy (non-hydrogen) atoms. The van der Waals surface area contributed by atoms with E-state index < -0.39 is 5.97 Å². The lowest BCUT2D eigenvalue weighted by Gasteiger charge is -2.26. The van der Waals surface area contributed by atoms with E-state index in [0.29, 0.717) is 10.6 Å². The fraction of sp³-hybridized carbons (Fsp3) is 0.571. The van der Waals surface area contributed by atoms with Gasteiger partial charge in [-0.2, -0.15) is 11.8 Å². The number of thioether (sulfide) groups is 1. The van der Waals surface area contributed by atoms with Crippen LogP contribution in [0.3, 0.4) is 0 Å². The number of carbonyl (C=O) groups excluding carboxylic acids is 1. The number of carboxylic acids is 1. The fourth-order valence-corrected chi connectivity index (χ4v) is 3.91. The zero-order valence-electron chi connectivity index (χ0n) is 13.0. The summed E-state index contributed by atoms with van der Waals surface area (Å²) in [5.41, 5.74) is 0.902. The van der Waals surface area contributed by atoms with Gasteiger partial charge in [-0.25, -0.2) is 9.59 Å². The van der Waals surface area contributed by atoms with E-state index in [1.165, 1.54) is 11.3 Å². The number of nitrogens with one attached hydrogen (secondary N) is 1. The van der Waals surface area contributed by atoms with Crippen molar-refractivity contribution in [2.45, 2.75) is 33.2 Å². The summed E-state index contributed by atoms with van der Waals surface area (Å²) >= 11 is 2.99. The van der Waals surface area contributed by atoms with Gasteiger partial charge >= 0.3 is 12.0 Å². The molecule has 0 aliphatic rings. The minimum Gasteiger partial charge on any atom is -0.478 e. The first-order chi connectivity index (χ1) is 9.83. The number of urea groups is 1. The van der Waals surface area contributed by atoms with E-state index in [2.05, 4.69) is 5.32 Å². The largest absolute Gasteiger partial charge is 0.478 e. The van der Waals surface area contributed by atoms with Gasteiger partial charge in [-0.3, -0.25) is 5.32 Å². The van der Waals surface area contributed by atoms with Crippen molar-refractivity contribution in [1.29, 1.82) is 0 Å². The molecule has 0 fully saturated rings. The number of carboxylic acid groups (broad SMARTS) is 1. The van der Waals surface area contributed by atoms with Crippen LogP contribution in [-0.4, -0.2) is 47.1 Å². The van der Waals surface area contributed by atoms with Crippen LogP contribution in [0.1, 0.15) is 34.1 Å². The third-order valence-electron chi connectivity index (χ3n) is 3.52. The molecule has 0 saturated carbocycles. The number of rotatable bonds is 6. The zero-order chi connectivity index (χ0) is 16.2.